The molecule has 114 valence electrons. The number of sulfone groups is 1. The van der Waals surface area contributed by atoms with Crippen molar-refractivity contribution < 1.29 is 8.42 Å². The van der Waals surface area contributed by atoms with Gasteiger partial charge in [-0.25, -0.2) is 18.4 Å². The van der Waals surface area contributed by atoms with Crippen LogP contribution in [0.3, 0.4) is 0 Å². The van der Waals surface area contributed by atoms with E-state index < -0.39 is 9.84 Å². The van der Waals surface area contributed by atoms with Crippen LogP contribution in [-0.4, -0.2) is 24.6 Å². The predicted molar refractivity (Wildman–Crippen MR) is 92.0 cm³/mol. The summed E-state index contributed by atoms with van der Waals surface area (Å²) in [6.07, 6.45) is 2.65. The van der Waals surface area contributed by atoms with Crippen LogP contribution < -0.4 is 5.32 Å². The first-order valence-corrected chi connectivity index (χ1v) is 9.92. The molecule has 0 aliphatic heterocycles. The summed E-state index contributed by atoms with van der Waals surface area (Å²) in [5.74, 6) is 0.621. The van der Waals surface area contributed by atoms with E-state index in [2.05, 4.69) is 31.2 Å². The van der Waals surface area contributed by atoms with Crippen LogP contribution >= 0.6 is 27.3 Å². The van der Waals surface area contributed by atoms with E-state index in [4.69, 9.17) is 0 Å². The Bertz CT molecular complexity index is 938. The minimum atomic E-state index is -3.26. The fraction of sp³-hybridized carbons (Fsp3) is 0.143. The van der Waals surface area contributed by atoms with E-state index in [0.717, 1.165) is 9.35 Å². The van der Waals surface area contributed by atoms with Crippen molar-refractivity contribution in [2.75, 3.05) is 11.6 Å². The van der Waals surface area contributed by atoms with Crippen LogP contribution in [0.5, 0.6) is 0 Å². The molecule has 0 radical (unpaired) electrons. The first-order valence-electron chi connectivity index (χ1n) is 6.36. The SMILES string of the molecule is CS(=O)(=O)c1ccc2ncnc(NCc3sccc3Br)c2c1. The first kappa shape index (κ1) is 15.4. The van der Waals surface area contributed by atoms with Crippen molar-refractivity contribution in [2.45, 2.75) is 11.4 Å². The lowest BCUT2D eigenvalue weighted by molar-refractivity contribution is 0.602. The molecule has 3 rings (SSSR count). The highest BCUT2D eigenvalue weighted by Gasteiger charge is 2.11. The molecule has 0 saturated carbocycles. The molecule has 2 aromatic heterocycles. The lowest BCUT2D eigenvalue weighted by Crippen LogP contribution is -2.03. The largest absolute Gasteiger partial charge is 0.365 e. The highest BCUT2D eigenvalue weighted by Crippen LogP contribution is 2.26. The maximum atomic E-state index is 11.7. The molecule has 0 amide bonds. The van der Waals surface area contributed by atoms with E-state index in [-0.39, 0.29) is 4.90 Å². The second kappa shape index (κ2) is 5.94. The number of hydrogen-bond donors (Lipinski definition) is 1. The molecule has 1 aromatic carbocycles. The van der Waals surface area contributed by atoms with E-state index >= 15 is 0 Å². The minimum Gasteiger partial charge on any atom is -0.365 e. The fourth-order valence-electron chi connectivity index (χ4n) is 2.02. The molecule has 0 unspecified atom stereocenters. The highest BCUT2D eigenvalue weighted by molar-refractivity contribution is 9.10. The normalized spacial score (nSPS) is 11.7. The van der Waals surface area contributed by atoms with Gasteiger partial charge in [0.2, 0.25) is 0 Å². The van der Waals surface area contributed by atoms with Crippen molar-refractivity contribution in [2.24, 2.45) is 0 Å². The Morgan fingerprint density at radius 1 is 1.27 bits per heavy atom. The summed E-state index contributed by atoms with van der Waals surface area (Å²) in [7, 11) is -3.26. The summed E-state index contributed by atoms with van der Waals surface area (Å²) in [6.45, 7) is 0.605. The number of fused-ring (bicyclic) bond motifs is 1. The second-order valence-electron chi connectivity index (χ2n) is 4.72. The van der Waals surface area contributed by atoms with Gasteiger partial charge in [0.25, 0.3) is 0 Å². The van der Waals surface area contributed by atoms with Gasteiger partial charge in [0.1, 0.15) is 12.1 Å². The smallest absolute Gasteiger partial charge is 0.175 e. The molecule has 0 atom stereocenters. The van der Waals surface area contributed by atoms with E-state index in [0.29, 0.717) is 23.3 Å². The van der Waals surface area contributed by atoms with Crippen molar-refractivity contribution >= 4 is 53.8 Å². The van der Waals surface area contributed by atoms with Crippen LogP contribution in [0, 0.1) is 0 Å². The second-order valence-corrected chi connectivity index (χ2v) is 8.59. The van der Waals surface area contributed by atoms with Crippen LogP contribution in [0.15, 0.2) is 45.3 Å². The third-order valence-electron chi connectivity index (χ3n) is 3.14. The Hall–Kier alpha value is -1.51. The van der Waals surface area contributed by atoms with E-state index in [1.807, 2.05) is 11.4 Å². The van der Waals surface area contributed by atoms with Gasteiger partial charge >= 0.3 is 0 Å². The standard InChI is InChI=1S/C14H12BrN3O2S2/c1-22(19,20)9-2-3-12-10(6-9)14(18-8-17-12)16-7-13-11(15)4-5-21-13/h2-6,8H,7H2,1H3,(H,16,17,18). The van der Waals surface area contributed by atoms with Crippen molar-refractivity contribution in [3.8, 4) is 0 Å². The molecule has 2 heterocycles. The number of thiophene rings is 1. The van der Waals surface area contributed by atoms with Gasteiger partial charge in [0.15, 0.2) is 9.84 Å². The van der Waals surface area contributed by atoms with Crippen molar-refractivity contribution in [1.29, 1.82) is 0 Å². The zero-order valence-corrected chi connectivity index (χ0v) is 14.8. The Labute approximate surface area is 140 Å². The number of halogens is 1. The molecule has 3 aromatic rings. The van der Waals surface area contributed by atoms with Crippen LogP contribution in [0.4, 0.5) is 5.82 Å². The maximum Gasteiger partial charge on any atom is 0.175 e. The molecular weight excluding hydrogens is 386 g/mol. The van der Waals surface area contributed by atoms with Gasteiger partial charge in [-0.2, -0.15) is 0 Å². The van der Waals surface area contributed by atoms with Crippen LogP contribution in [0.2, 0.25) is 0 Å². The molecule has 5 nitrogen and oxygen atoms in total. The number of anilines is 1. The van der Waals surface area contributed by atoms with Crippen LogP contribution in [0.1, 0.15) is 4.88 Å². The van der Waals surface area contributed by atoms with Gasteiger partial charge in [0.05, 0.1) is 17.0 Å². The molecule has 8 heteroatoms. The fourth-order valence-corrected chi connectivity index (χ4v) is 4.10. The molecule has 0 fully saturated rings. The van der Waals surface area contributed by atoms with Gasteiger partial charge in [0, 0.05) is 21.0 Å². The zero-order chi connectivity index (χ0) is 15.7. The number of hydrogen-bond acceptors (Lipinski definition) is 6. The Kier molecular flexibility index (Phi) is 4.16. The molecule has 0 saturated heterocycles. The van der Waals surface area contributed by atoms with E-state index in [9.17, 15) is 8.42 Å². The quantitative estimate of drug-likeness (QED) is 0.729. The van der Waals surface area contributed by atoms with Gasteiger partial charge in [-0.1, -0.05) is 0 Å². The van der Waals surface area contributed by atoms with Crippen LogP contribution in [-0.2, 0) is 16.4 Å². The Morgan fingerprint density at radius 3 is 2.77 bits per heavy atom. The summed E-state index contributed by atoms with van der Waals surface area (Å²) in [4.78, 5) is 9.81. The van der Waals surface area contributed by atoms with E-state index in [1.54, 1.807) is 29.5 Å². The lowest BCUT2D eigenvalue weighted by atomic mass is 10.2. The molecular formula is C14H12BrN3O2S2. The van der Waals surface area contributed by atoms with E-state index in [1.165, 1.54) is 12.6 Å². The van der Waals surface area contributed by atoms with Gasteiger partial charge in [-0.05, 0) is 45.6 Å². The summed E-state index contributed by atoms with van der Waals surface area (Å²) in [5.41, 5.74) is 0.704. The monoisotopic (exact) mass is 397 g/mol. The average molecular weight is 398 g/mol. The third kappa shape index (κ3) is 3.13. The Morgan fingerprint density at radius 2 is 2.09 bits per heavy atom. The molecule has 0 aliphatic rings. The van der Waals surface area contributed by atoms with Crippen LogP contribution in [0.25, 0.3) is 10.9 Å². The summed E-state index contributed by atoms with van der Waals surface area (Å²) >= 11 is 5.12. The van der Waals surface area contributed by atoms with Gasteiger partial charge in [-0.15, -0.1) is 11.3 Å². The number of nitrogens with one attached hydrogen (secondary N) is 1. The Balaban J connectivity index is 2.00. The predicted octanol–water partition coefficient (Wildman–Crippen LogP) is 3.47. The number of benzene rings is 1. The van der Waals surface area contributed by atoms with Crippen molar-refractivity contribution in [3.63, 3.8) is 0 Å². The zero-order valence-electron chi connectivity index (χ0n) is 11.6. The third-order valence-corrected chi connectivity index (χ3v) is 6.18. The van der Waals surface area contributed by atoms with Gasteiger partial charge < -0.3 is 5.32 Å². The molecule has 1 N–H and O–H groups in total. The summed E-state index contributed by atoms with van der Waals surface area (Å²) in [6, 6.07) is 6.85. The molecule has 0 bridgehead atoms. The number of rotatable bonds is 4. The summed E-state index contributed by atoms with van der Waals surface area (Å²) in [5, 5.41) is 5.94. The van der Waals surface area contributed by atoms with Gasteiger partial charge in [-0.3, -0.25) is 0 Å². The summed E-state index contributed by atoms with van der Waals surface area (Å²) < 4.78 is 24.5. The number of aromatic nitrogens is 2. The molecule has 22 heavy (non-hydrogen) atoms. The lowest BCUT2D eigenvalue weighted by Gasteiger charge is -2.08. The first-order chi connectivity index (χ1) is 10.4. The van der Waals surface area contributed by atoms with Crippen molar-refractivity contribution in [3.05, 3.63) is 45.3 Å². The van der Waals surface area contributed by atoms with Crippen molar-refractivity contribution in [1.82, 2.24) is 9.97 Å². The topological polar surface area (TPSA) is 72.0 Å². The highest BCUT2D eigenvalue weighted by atomic mass is 79.9. The molecule has 0 aliphatic carbocycles. The molecule has 0 spiro atoms. The minimum absolute atomic E-state index is 0.259. The number of nitrogens with zero attached hydrogens (tertiary/aromatic N) is 2. The maximum absolute atomic E-state index is 11.7. The average Bonchev–Trinajstić information content (AvgIpc) is 2.89.